The number of hydrogen-bond acceptors (Lipinski definition) is 2. The van der Waals surface area contributed by atoms with E-state index < -0.39 is 0 Å². The Morgan fingerprint density at radius 2 is 2.25 bits per heavy atom. The van der Waals surface area contributed by atoms with Crippen LogP contribution in [0.1, 0.15) is 39.0 Å². The summed E-state index contributed by atoms with van der Waals surface area (Å²) in [6.45, 7) is 2.25. The molecule has 0 aromatic carbocycles. The quantitative estimate of drug-likeness (QED) is 0.595. The number of carbonyl (C=O) groups is 1. The molecule has 2 fully saturated rings. The van der Waals surface area contributed by atoms with Crippen LogP contribution in [0.3, 0.4) is 0 Å². The van der Waals surface area contributed by atoms with Gasteiger partial charge in [-0.15, -0.1) is 0 Å². The number of ketones is 1. The van der Waals surface area contributed by atoms with Gasteiger partial charge in [-0.05, 0) is 31.1 Å². The zero-order valence-electron chi connectivity index (χ0n) is 7.55. The topological polar surface area (TPSA) is 37.3 Å². The number of aliphatic hydroxyl groups is 1. The second kappa shape index (κ2) is 2.56. The highest BCUT2D eigenvalue weighted by atomic mass is 16.3. The zero-order chi connectivity index (χ0) is 8.77. The van der Waals surface area contributed by atoms with Crippen LogP contribution >= 0.6 is 0 Å². The van der Waals surface area contributed by atoms with Gasteiger partial charge in [0.05, 0.1) is 6.10 Å². The summed E-state index contributed by atoms with van der Waals surface area (Å²) >= 11 is 0. The van der Waals surface area contributed by atoms with E-state index in [9.17, 15) is 9.90 Å². The summed E-state index contributed by atoms with van der Waals surface area (Å²) in [5, 5.41) is 9.58. The van der Waals surface area contributed by atoms with Gasteiger partial charge >= 0.3 is 0 Å². The third kappa shape index (κ3) is 1.18. The van der Waals surface area contributed by atoms with Crippen LogP contribution in [0.2, 0.25) is 0 Å². The molecule has 0 aromatic rings. The maximum atomic E-state index is 11.4. The van der Waals surface area contributed by atoms with Gasteiger partial charge in [0.25, 0.3) is 0 Å². The van der Waals surface area contributed by atoms with Crippen molar-refractivity contribution in [3.8, 4) is 0 Å². The second-order valence-corrected chi connectivity index (χ2v) is 4.69. The standard InChI is InChI=1S/C10H16O2/c1-10-4-2-8(11)7(6-10)9(12)3-5-10/h7-8,11H,2-6H2,1H3/t7-,8+,10+/m0/s1. The van der Waals surface area contributed by atoms with Gasteiger partial charge < -0.3 is 5.11 Å². The van der Waals surface area contributed by atoms with E-state index in [1.54, 1.807) is 0 Å². The number of Topliss-reactive ketones (excluding diaryl/α,β-unsaturated/α-hetero) is 1. The Bertz CT molecular complexity index is 212. The summed E-state index contributed by atoms with van der Waals surface area (Å²) in [5.41, 5.74) is 0.359. The highest BCUT2D eigenvalue weighted by molar-refractivity contribution is 5.82. The molecule has 3 atom stereocenters. The van der Waals surface area contributed by atoms with E-state index in [1.807, 2.05) is 0 Å². The average Bonchev–Trinajstić information content (AvgIpc) is 2.05. The Morgan fingerprint density at radius 3 is 2.92 bits per heavy atom. The second-order valence-electron chi connectivity index (χ2n) is 4.69. The molecule has 68 valence electrons. The first-order valence-electron chi connectivity index (χ1n) is 4.82. The fourth-order valence-corrected chi connectivity index (χ4v) is 2.63. The minimum Gasteiger partial charge on any atom is -0.392 e. The third-order valence-electron chi connectivity index (χ3n) is 3.61. The minimum atomic E-state index is -0.342. The van der Waals surface area contributed by atoms with Crippen molar-refractivity contribution >= 4 is 5.78 Å². The largest absolute Gasteiger partial charge is 0.392 e. The molecule has 0 saturated heterocycles. The van der Waals surface area contributed by atoms with Gasteiger partial charge in [0.2, 0.25) is 0 Å². The summed E-state index contributed by atoms with van der Waals surface area (Å²) in [4.78, 5) is 11.4. The molecule has 2 heteroatoms. The summed E-state index contributed by atoms with van der Waals surface area (Å²) in [7, 11) is 0. The van der Waals surface area contributed by atoms with Crippen molar-refractivity contribution in [2.24, 2.45) is 11.3 Å². The van der Waals surface area contributed by atoms with E-state index in [-0.39, 0.29) is 12.0 Å². The van der Waals surface area contributed by atoms with Gasteiger partial charge in [-0.3, -0.25) is 4.79 Å². The number of aliphatic hydroxyl groups excluding tert-OH is 1. The molecule has 2 rings (SSSR count). The van der Waals surface area contributed by atoms with Crippen LogP contribution in [0, 0.1) is 11.3 Å². The predicted octanol–water partition coefficient (Wildman–Crippen LogP) is 1.52. The van der Waals surface area contributed by atoms with Crippen LogP contribution in [0.4, 0.5) is 0 Å². The predicted molar refractivity (Wildman–Crippen MR) is 45.7 cm³/mol. The number of hydrogen-bond donors (Lipinski definition) is 1. The molecule has 2 aliphatic carbocycles. The van der Waals surface area contributed by atoms with Crippen LogP contribution in [0.15, 0.2) is 0 Å². The van der Waals surface area contributed by atoms with Gasteiger partial charge in [0, 0.05) is 12.3 Å². The lowest BCUT2D eigenvalue weighted by atomic mass is 9.62. The Morgan fingerprint density at radius 1 is 1.50 bits per heavy atom. The number of fused-ring (bicyclic) bond motifs is 2. The smallest absolute Gasteiger partial charge is 0.138 e. The van der Waals surface area contributed by atoms with E-state index in [0.717, 1.165) is 25.7 Å². The zero-order valence-corrected chi connectivity index (χ0v) is 7.55. The van der Waals surface area contributed by atoms with Gasteiger partial charge in [-0.1, -0.05) is 6.92 Å². The van der Waals surface area contributed by atoms with Gasteiger partial charge in [0.15, 0.2) is 0 Å². The molecule has 0 aliphatic heterocycles. The van der Waals surface area contributed by atoms with Crippen molar-refractivity contribution in [3.63, 3.8) is 0 Å². The lowest BCUT2D eigenvalue weighted by molar-refractivity contribution is -0.136. The molecule has 0 heterocycles. The first-order valence-corrected chi connectivity index (χ1v) is 4.82. The Kier molecular flexibility index (Phi) is 1.76. The van der Waals surface area contributed by atoms with Gasteiger partial charge in [-0.25, -0.2) is 0 Å². The van der Waals surface area contributed by atoms with Crippen molar-refractivity contribution in [2.75, 3.05) is 0 Å². The SMILES string of the molecule is C[C@@]12CCC(=O)[C@@H](C1)[C@H](O)CC2. The minimum absolute atomic E-state index is 0.0301. The molecule has 1 N–H and O–H groups in total. The van der Waals surface area contributed by atoms with E-state index >= 15 is 0 Å². The molecule has 0 aromatic heterocycles. The first-order chi connectivity index (χ1) is 5.61. The summed E-state index contributed by atoms with van der Waals surface area (Å²) in [5.74, 6) is 0.261. The van der Waals surface area contributed by atoms with Crippen LogP contribution in [0.25, 0.3) is 0 Å². The number of rotatable bonds is 0. The molecular formula is C10H16O2. The van der Waals surface area contributed by atoms with Crippen molar-refractivity contribution < 1.29 is 9.90 Å². The van der Waals surface area contributed by atoms with Crippen molar-refractivity contribution in [2.45, 2.75) is 45.1 Å². The molecule has 2 aliphatic rings. The first kappa shape index (κ1) is 8.24. The molecule has 2 nitrogen and oxygen atoms in total. The van der Waals surface area contributed by atoms with Crippen LogP contribution in [0.5, 0.6) is 0 Å². The summed E-state index contributed by atoms with van der Waals surface area (Å²) < 4.78 is 0. The van der Waals surface area contributed by atoms with Crippen molar-refractivity contribution in [3.05, 3.63) is 0 Å². The third-order valence-corrected chi connectivity index (χ3v) is 3.61. The van der Waals surface area contributed by atoms with E-state index in [1.165, 1.54) is 0 Å². The van der Waals surface area contributed by atoms with Crippen LogP contribution in [-0.2, 0) is 4.79 Å². The van der Waals surface area contributed by atoms with E-state index in [4.69, 9.17) is 0 Å². The Hall–Kier alpha value is -0.370. The molecule has 2 bridgehead atoms. The fraction of sp³-hybridized carbons (Fsp3) is 0.900. The Labute approximate surface area is 73.0 Å². The highest BCUT2D eigenvalue weighted by Crippen LogP contribution is 2.46. The van der Waals surface area contributed by atoms with E-state index in [2.05, 4.69) is 6.92 Å². The maximum absolute atomic E-state index is 11.4. The highest BCUT2D eigenvalue weighted by Gasteiger charge is 2.43. The monoisotopic (exact) mass is 168 g/mol. The van der Waals surface area contributed by atoms with Crippen LogP contribution in [-0.4, -0.2) is 17.0 Å². The molecule has 0 unspecified atom stereocenters. The maximum Gasteiger partial charge on any atom is 0.138 e. The van der Waals surface area contributed by atoms with Gasteiger partial charge in [0.1, 0.15) is 5.78 Å². The van der Waals surface area contributed by atoms with Crippen LogP contribution < -0.4 is 0 Å². The number of carbonyl (C=O) groups excluding carboxylic acids is 1. The lowest BCUT2D eigenvalue weighted by Gasteiger charge is -2.44. The molecular weight excluding hydrogens is 152 g/mol. The van der Waals surface area contributed by atoms with Crippen molar-refractivity contribution in [1.82, 2.24) is 0 Å². The molecule has 0 radical (unpaired) electrons. The average molecular weight is 168 g/mol. The Balaban J connectivity index is 2.18. The van der Waals surface area contributed by atoms with Crippen molar-refractivity contribution in [1.29, 1.82) is 0 Å². The summed E-state index contributed by atoms with van der Waals surface area (Å²) in [6, 6.07) is 0. The molecule has 0 amide bonds. The van der Waals surface area contributed by atoms with E-state index in [0.29, 0.717) is 17.6 Å². The molecule has 0 spiro atoms. The normalized spacial score (nSPS) is 47.7. The lowest BCUT2D eigenvalue weighted by Crippen LogP contribution is -2.43. The summed E-state index contributed by atoms with van der Waals surface area (Å²) in [6.07, 6.45) is 4.23. The fourth-order valence-electron chi connectivity index (χ4n) is 2.63. The molecule has 12 heavy (non-hydrogen) atoms. The van der Waals surface area contributed by atoms with Gasteiger partial charge in [-0.2, -0.15) is 0 Å². The molecule has 2 saturated carbocycles.